The second kappa shape index (κ2) is 5.07. The van der Waals surface area contributed by atoms with Gasteiger partial charge in [0.15, 0.2) is 0 Å². The maximum Gasteiger partial charge on any atom is 0.148 e. The van der Waals surface area contributed by atoms with Gasteiger partial charge in [-0.05, 0) is 32.2 Å². The fourth-order valence-corrected chi connectivity index (χ4v) is 2.79. The van der Waals surface area contributed by atoms with Crippen LogP contribution in [0.5, 0.6) is 0 Å². The van der Waals surface area contributed by atoms with Crippen LogP contribution in [0.2, 0.25) is 0 Å². The molecule has 1 aliphatic heterocycles. The molecule has 1 saturated heterocycles. The quantitative estimate of drug-likeness (QED) is 0.619. The van der Waals surface area contributed by atoms with E-state index in [2.05, 4.69) is 33.8 Å². The Hall–Kier alpha value is -0.720. The molecule has 0 saturated carbocycles. The van der Waals surface area contributed by atoms with E-state index in [9.17, 15) is 0 Å². The standard InChI is InChI=1S/C10H19N5S/c1-7-3-4-15(8(2)5-7)6-9-10(12-11)16-14-13-9/h7-8,12H,3-6,11H2,1-2H3. The normalized spacial score (nSPS) is 26.9. The number of hydrazine groups is 1. The molecule has 1 aromatic heterocycles. The third kappa shape index (κ3) is 2.50. The highest BCUT2D eigenvalue weighted by atomic mass is 32.1. The maximum atomic E-state index is 5.42. The van der Waals surface area contributed by atoms with Crippen molar-refractivity contribution in [1.82, 2.24) is 14.5 Å². The highest BCUT2D eigenvalue weighted by Gasteiger charge is 2.24. The first-order valence-electron chi connectivity index (χ1n) is 5.72. The average Bonchev–Trinajstić information content (AvgIpc) is 2.69. The van der Waals surface area contributed by atoms with Crippen LogP contribution in [0.3, 0.4) is 0 Å². The molecular formula is C10H19N5S. The molecule has 0 radical (unpaired) electrons. The zero-order valence-corrected chi connectivity index (χ0v) is 10.6. The predicted octanol–water partition coefficient (Wildman–Crippen LogP) is 1.44. The highest BCUT2D eigenvalue weighted by molar-refractivity contribution is 7.10. The molecule has 2 atom stereocenters. The molecule has 0 aromatic carbocycles. The number of rotatable bonds is 3. The van der Waals surface area contributed by atoms with E-state index in [0.29, 0.717) is 6.04 Å². The Balaban J connectivity index is 1.99. The van der Waals surface area contributed by atoms with Crippen molar-refractivity contribution < 1.29 is 0 Å². The Morgan fingerprint density at radius 3 is 3.06 bits per heavy atom. The van der Waals surface area contributed by atoms with Gasteiger partial charge >= 0.3 is 0 Å². The second-order valence-corrected chi connectivity index (χ2v) is 5.40. The van der Waals surface area contributed by atoms with E-state index in [1.54, 1.807) is 0 Å². The number of nitrogens with two attached hydrogens (primary N) is 1. The first kappa shape index (κ1) is 11.8. The van der Waals surface area contributed by atoms with Crippen LogP contribution in [0, 0.1) is 5.92 Å². The van der Waals surface area contributed by atoms with Crippen LogP contribution in [0.4, 0.5) is 5.00 Å². The van der Waals surface area contributed by atoms with E-state index in [1.807, 2.05) is 0 Å². The molecule has 0 spiro atoms. The summed E-state index contributed by atoms with van der Waals surface area (Å²) in [5.74, 6) is 6.26. The Kier molecular flexibility index (Phi) is 3.73. The first-order chi connectivity index (χ1) is 7.70. The zero-order valence-electron chi connectivity index (χ0n) is 9.81. The van der Waals surface area contributed by atoms with Gasteiger partial charge < -0.3 is 5.43 Å². The number of anilines is 1. The molecule has 2 unspecified atom stereocenters. The molecule has 0 amide bonds. The molecule has 1 aliphatic rings. The van der Waals surface area contributed by atoms with Gasteiger partial charge in [0.05, 0.1) is 0 Å². The average molecular weight is 241 g/mol. The van der Waals surface area contributed by atoms with Crippen molar-refractivity contribution in [2.24, 2.45) is 11.8 Å². The van der Waals surface area contributed by atoms with Crippen molar-refractivity contribution in [3.8, 4) is 0 Å². The summed E-state index contributed by atoms with van der Waals surface area (Å²) >= 11 is 1.32. The predicted molar refractivity (Wildman–Crippen MR) is 66.0 cm³/mol. The fraction of sp³-hybridized carbons (Fsp3) is 0.800. The van der Waals surface area contributed by atoms with Crippen LogP contribution in [-0.4, -0.2) is 27.1 Å². The van der Waals surface area contributed by atoms with Crippen molar-refractivity contribution >= 4 is 16.5 Å². The molecule has 5 nitrogen and oxygen atoms in total. The van der Waals surface area contributed by atoms with Gasteiger partial charge in [-0.15, -0.1) is 5.10 Å². The molecule has 6 heteroatoms. The maximum absolute atomic E-state index is 5.42. The number of likely N-dealkylation sites (tertiary alicyclic amines) is 1. The number of aromatic nitrogens is 2. The smallest absolute Gasteiger partial charge is 0.148 e. The monoisotopic (exact) mass is 241 g/mol. The summed E-state index contributed by atoms with van der Waals surface area (Å²) < 4.78 is 3.92. The van der Waals surface area contributed by atoms with Gasteiger partial charge in [0.1, 0.15) is 10.7 Å². The lowest BCUT2D eigenvalue weighted by atomic mass is 9.93. The number of piperidine rings is 1. The Morgan fingerprint density at radius 1 is 1.56 bits per heavy atom. The molecule has 2 heterocycles. The molecule has 16 heavy (non-hydrogen) atoms. The van der Waals surface area contributed by atoms with Gasteiger partial charge in [-0.2, -0.15) is 0 Å². The van der Waals surface area contributed by atoms with Gasteiger partial charge in [-0.25, -0.2) is 5.84 Å². The number of nitrogens with one attached hydrogen (secondary N) is 1. The molecule has 2 rings (SSSR count). The van der Waals surface area contributed by atoms with Gasteiger partial charge in [-0.3, -0.25) is 4.90 Å². The second-order valence-electron chi connectivity index (χ2n) is 4.64. The summed E-state index contributed by atoms with van der Waals surface area (Å²) in [7, 11) is 0. The molecule has 0 aliphatic carbocycles. The van der Waals surface area contributed by atoms with Crippen LogP contribution in [0.15, 0.2) is 0 Å². The molecule has 90 valence electrons. The SMILES string of the molecule is CC1CCN(Cc2nnsc2NN)C(C)C1. The van der Waals surface area contributed by atoms with E-state index in [4.69, 9.17) is 5.84 Å². The minimum absolute atomic E-state index is 0.621. The summed E-state index contributed by atoms with van der Waals surface area (Å²) in [5, 5.41) is 5.00. The van der Waals surface area contributed by atoms with Crippen LogP contribution in [-0.2, 0) is 6.54 Å². The fourth-order valence-electron chi connectivity index (χ4n) is 2.30. The molecular weight excluding hydrogens is 222 g/mol. The van der Waals surface area contributed by atoms with E-state index in [-0.39, 0.29) is 0 Å². The van der Waals surface area contributed by atoms with Crippen molar-refractivity contribution in [3.05, 3.63) is 5.69 Å². The summed E-state index contributed by atoms with van der Waals surface area (Å²) in [6.07, 6.45) is 2.54. The van der Waals surface area contributed by atoms with Crippen LogP contribution < -0.4 is 11.3 Å². The van der Waals surface area contributed by atoms with Gasteiger partial charge in [0.25, 0.3) is 0 Å². The third-order valence-corrected chi connectivity index (χ3v) is 4.01. The van der Waals surface area contributed by atoms with Gasteiger partial charge in [0, 0.05) is 24.1 Å². The Labute approximate surface area is 100 Å². The largest absolute Gasteiger partial charge is 0.313 e. The highest BCUT2D eigenvalue weighted by Crippen LogP contribution is 2.25. The number of nitrogen functional groups attached to an aromatic ring is 1. The molecule has 3 N–H and O–H groups in total. The van der Waals surface area contributed by atoms with E-state index < -0.39 is 0 Å². The lowest BCUT2D eigenvalue weighted by molar-refractivity contribution is 0.121. The molecule has 1 fully saturated rings. The topological polar surface area (TPSA) is 67.1 Å². The van der Waals surface area contributed by atoms with E-state index >= 15 is 0 Å². The molecule has 1 aromatic rings. The third-order valence-electron chi connectivity index (χ3n) is 3.32. The van der Waals surface area contributed by atoms with Crippen LogP contribution >= 0.6 is 11.5 Å². The van der Waals surface area contributed by atoms with E-state index in [1.165, 1.54) is 24.4 Å². The minimum atomic E-state index is 0.621. The van der Waals surface area contributed by atoms with Crippen LogP contribution in [0.1, 0.15) is 32.4 Å². The minimum Gasteiger partial charge on any atom is -0.313 e. The zero-order chi connectivity index (χ0) is 11.5. The summed E-state index contributed by atoms with van der Waals surface area (Å²) in [6.45, 7) is 6.60. The van der Waals surface area contributed by atoms with E-state index in [0.717, 1.165) is 29.7 Å². The lowest BCUT2D eigenvalue weighted by Gasteiger charge is -2.36. The summed E-state index contributed by atoms with van der Waals surface area (Å²) in [4.78, 5) is 2.46. The lowest BCUT2D eigenvalue weighted by Crippen LogP contribution is -2.39. The van der Waals surface area contributed by atoms with Crippen molar-refractivity contribution in [3.63, 3.8) is 0 Å². The van der Waals surface area contributed by atoms with Gasteiger partial charge in [-0.1, -0.05) is 11.4 Å². The first-order valence-corrected chi connectivity index (χ1v) is 6.50. The Bertz CT molecular complexity index is 340. The van der Waals surface area contributed by atoms with Crippen molar-refractivity contribution in [1.29, 1.82) is 0 Å². The van der Waals surface area contributed by atoms with Crippen molar-refractivity contribution in [2.75, 3.05) is 12.0 Å². The summed E-state index contributed by atoms with van der Waals surface area (Å²) in [5.41, 5.74) is 3.62. The molecule has 0 bridgehead atoms. The van der Waals surface area contributed by atoms with Crippen LogP contribution in [0.25, 0.3) is 0 Å². The van der Waals surface area contributed by atoms with Crippen molar-refractivity contribution in [2.45, 2.75) is 39.3 Å². The summed E-state index contributed by atoms with van der Waals surface area (Å²) in [6, 6.07) is 0.621. The Morgan fingerprint density at radius 2 is 2.38 bits per heavy atom. The van der Waals surface area contributed by atoms with Gasteiger partial charge in [0.2, 0.25) is 0 Å². The number of hydrogen-bond donors (Lipinski definition) is 2. The number of nitrogens with zero attached hydrogens (tertiary/aromatic N) is 3. The number of hydrogen-bond acceptors (Lipinski definition) is 6.